The van der Waals surface area contributed by atoms with Crippen LogP contribution in [0.2, 0.25) is 5.02 Å². The first kappa shape index (κ1) is 43.5. The number of amides is 5. The Labute approximate surface area is 358 Å². The molecular formula is C48H46ClN5O7. The molecule has 5 aromatic carbocycles. The number of aliphatic carboxylic acids is 1. The van der Waals surface area contributed by atoms with Gasteiger partial charge in [0.2, 0.25) is 29.5 Å². The van der Waals surface area contributed by atoms with Gasteiger partial charge in [0, 0.05) is 36.4 Å². The molecule has 4 atom stereocenters. The molecule has 0 aliphatic carbocycles. The predicted octanol–water partition coefficient (Wildman–Crippen LogP) is 5.89. The SMILES string of the molecule is C=C(c1ccc(-c2ccc(Cl)cc2)cc1)C1NC(=O)C(CCc2ccccc2)NC(=O)CCC(=O)Nc2ccc(cc2)CC(C(=O)O)NC(=O)C(Cc2ccccc2)NC1=O. The van der Waals surface area contributed by atoms with E-state index in [1.807, 2.05) is 54.6 Å². The first-order valence-electron chi connectivity index (χ1n) is 19.9. The summed E-state index contributed by atoms with van der Waals surface area (Å²) in [6.07, 6.45) is -0.00346. The number of anilines is 1. The average Bonchev–Trinajstić information content (AvgIpc) is 3.26. The van der Waals surface area contributed by atoms with Crippen LogP contribution in [-0.2, 0) is 48.0 Å². The van der Waals surface area contributed by atoms with Crippen molar-refractivity contribution in [2.75, 3.05) is 5.32 Å². The lowest BCUT2D eigenvalue weighted by molar-refractivity contribution is -0.142. The van der Waals surface area contributed by atoms with Crippen molar-refractivity contribution in [2.45, 2.75) is 62.7 Å². The Bertz CT molecular complexity index is 2360. The van der Waals surface area contributed by atoms with Gasteiger partial charge in [-0.2, -0.15) is 0 Å². The van der Waals surface area contributed by atoms with Gasteiger partial charge in [-0.15, -0.1) is 0 Å². The Morgan fingerprint density at radius 2 is 1.20 bits per heavy atom. The van der Waals surface area contributed by atoms with E-state index in [1.54, 1.807) is 78.9 Å². The van der Waals surface area contributed by atoms with Crippen LogP contribution in [0.4, 0.5) is 5.69 Å². The molecule has 4 unspecified atom stereocenters. The van der Waals surface area contributed by atoms with E-state index in [-0.39, 0.29) is 37.7 Å². The Morgan fingerprint density at radius 1 is 0.623 bits per heavy atom. The second kappa shape index (κ2) is 20.8. The van der Waals surface area contributed by atoms with Crippen molar-refractivity contribution in [1.29, 1.82) is 0 Å². The normalized spacial score (nSPS) is 19.3. The fraction of sp³-hybridized carbons (Fsp3) is 0.208. The number of aryl methyl sites for hydroxylation is 1. The van der Waals surface area contributed by atoms with E-state index in [2.05, 4.69) is 33.2 Å². The maximum atomic E-state index is 14.6. The molecule has 7 rings (SSSR count). The third-order valence-electron chi connectivity index (χ3n) is 10.3. The molecule has 0 spiro atoms. The third kappa shape index (κ3) is 12.5. The van der Waals surface area contributed by atoms with E-state index < -0.39 is 59.7 Å². The van der Waals surface area contributed by atoms with Gasteiger partial charge in [0.25, 0.3) is 0 Å². The number of carbonyl (C=O) groups is 6. The van der Waals surface area contributed by atoms with Crippen LogP contribution >= 0.6 is 11.6 Å². The number of carbonyl (C=O) groups excluding carboxylic acids is 5. The molecule has 5 amide bonds. The Hall–Kier alpha value is -7.05. The number of carboxylic acid groups (broad SMARTS) is 1. The Kier molecular flexibility index (Phi) is 14.8. The van der Waals surface area contributed by atoms with Crippen molar-refractivity contribution >= 4 is 58.4 Å². The van der Waals surface area contributed by atoms with Gasteiger partial charge in [-0.1, -0.05) is 127 Å². The molecule has 2 bridgehead atoms. The van der Waals surface area contributed by atoms with Gasteiger partial charge in [0.05, 0.1) is 0 Å². The summed E-state index contributed by atoms with van der Waals surface area (Å²) in [4.78, 5) is 81.8. The number of halogens is 1. The van der Waals surface area contributed by atoms with Crippen molar-refractivity contribution in [1.82, 2.24) is 21.3 Å². The molecular weight excluding hydrogens is 794 g/mol. The fourth-order valence-corrected chi connectivity index (χ4v) is 7.05. The lowest BCUT2D eigenvalue weighted by Gasteiger charge is -2.27. The quantitative estimate of drug-likeness (QED) is 0.100. The molecule has 0 aromatic heterocycles. The lowest BCUT2D eigenvalue weighted by Crippen LogP contribution is -2.58. The van der Waals surface area contributed by atoms with E-state index in [0.717, 1.165) is 16.7 Å². The minimum atomic E-state index is -1.47. The molecule has 0 radical (unpaired) electrons. The fourth-order valence-electron chi connectivity index (χ4n) is 6.93. The zero-order chi connectivity index (χ0) is 43.3. The number of benzene rings is 5. The highest BCUT2D eigenvalue weighted by atomic mass is 35.5. The minimum absolute atomic E-state index is 0.0160. The topological polar surface area (TPSA) is 183 Å². The molecule has 2 aliphatic heterocycles. The largest absolute Gasteiger partial charge is 0.480 e. The minimum Gasteiger partial charge on any atom is -0.480 e. The molecule has 312 valence electrons. The molecule has 2 aliphatic rings. The number of hydrogen-bond donors (Lipinski definition) is 6. The van der Waals surface area contributed by atoms with Gasteiger partial charge >= 0.3 is 5.97 Å². The summed E-state index contributed by atoms with van der Waals surface area (Å²) >= 11 is 6.10. The smallest absolute Gasteiger partial charge is 0.326 e. The van der Waals surface area contributed by atoms with Crippen LogP contribution in [-0.4, -0.2) is 64.8 Å². The van der Waals surface area contributed by atoms with Crippen LogP contribution in [0.15, 0.2) is 140 Å². The second-order valence-corrected chi connectivity index (χ2v) is 15.2. The van der Waals surface area contributed by atoms with Gasteiger partial charge in [0.15, 0.2) is 0 Å². The van der Waals surface area contributed by atoms with Crippen LogP contribution < -0.4 is 26.6 Å². The Balaban J connectivity index is 1.36. The number of nitrogens with one attached hydrogen (secondary N) is 5. The van der Waals surface area contributed by atoms with Crippen LogP contribution in [0.1, 0.15) is 41.5 Å². The van der Waals surface area contributed by atoms with E-state index in [0.29, 0.717) is 33.8 Å². The highest BCUT2D eigenvalue weighted by Gasteiger charge is 2.33. The van der Waals surface area contributed by atoms with Crippen LogP contribution in [0, 0.1) is 0 Å². The van der Waals surface area contributed by atoms with Crippen LogP contribution in [0.3, 0.4) is 0 Å². The molecule has 5 aromatic rings. The van der Waals surface area contributed by atoms with Gasteiger partial charge in [-0.25, -0.2) is 4.79 Å². The number of carboxylic acids is 1. The van der Waals surface area contributed by atoms with Gasteiger partial charge in [0.1, 0.15) is 24.2 Å². The summed E-state index contributed by atoms with van der Waals surface area (Å²) in [6, 6.07) is 33.9. The number of rotatable bonds is 9. The molecule has 6 N–H and O–H groups in total. The van der Waals surface area contributed by atoms with Crippen molar-refractivity contribution in [3.63, 3.8) is 0 Å². The summed E-state index contributed by atoms with van der Waals surface area (Å²) in [5, 5.41) is 24.5. The van der Waals surface area contributed by atoms with Crippen LogP contribution in [0.25, 0.3) is 16.7 Å². The van der Waals surface area contributed by atoms with Crippen molar-refractivity contribution in [2.24, 2.45) is 0 Å². The first-order valence-corrected chi connectivity index (χ1v) is 20.2. The summed E-state index contributed by atoms with van der Waals surface area (Å²) in [5.41, 5.74) is 5.00. The maximum Gasteiger partial charge on any atom is 0.326 e. The van der Waals surface area contributed by atoms with Gasteiger partial charge < -0.3 is 31.7 Å². The standard InChI is InChI=1S/C48H46ClN5O7/c1-30(34-15-17-35(18-16-34)36-19-21-37(49)22-20-36)44-47(59)52-40(28-32-10-6-3-7-11-32)46(58)53-41(48(60)61)29-33-12-23-38(24-13-33)50-42(55)26-27-43(56)51-39(45(57)54-44)25-14-31-8-4-2-5-9-31/h2-13,15-24,39-41,44H,1,14,25-29H2,(H,50,55)(H,51,56)(H,52,59)(H,53,58)(H,54,57)(H,60,61). The maximum absolute atomic E-state index is 14.6. The molecule has 13 heteroatoms. The molecule has 12 nitrogen and oxygen atoms in total. The van der Waals surface area contributed by atoms with Crippen molar-refractivity contribution in [3.05, 3.63) is 167 Å². The number of fused-ring (bicyclic) bond motifs is 18. The third-order valence-corrected chi connectivity index (χ3v) is 10.6. The average molecular weight is 840 g/mol. The zero-order valence-electron chi connectivity index (χ0n) is 33.2. The van der Waals surface area contributed by atoms with Crippen LogP contribution in [0.5, 0.6) is 0 Å². The summed E-state index contributed by atoms with van der Waals surface area (Å²) in [5.74, 6) is -4.57. The first-order chi connectivity index (χ1) is 29.4. The molecule has 0 saturated carbocycles. The van der Waals surface area contributed by atoms with E-state index in [4.69, 9.17) is 11.6 Å². The second-order valence-electron chi connectivity index (χ2n) is 14.8. The monoisotopic (exact) mass is 839 g/mol. The summed E-state index contributed by atoms with van der Waals surface area (Å²) < 4.78 is 0. The highest BCUT2D eigenvalue weighted by Crippen LogP contribution is 2.25. The molecule has 61 heavy (non-hydrogen) atoms. The number of hydrogen-bond acceptors (Lipinski definition) is 6. The lowest BCUT2D eigenvalue weighted by atomic mass is 9.95. The highest BCUT2D eigenvalue weighted by molar-refractivity contribution is 6.30. The molecule has 0 fully saturated rings. The predicted molar refractivity (Wildman–Crippen MR) is 234 cm³/mol. The Morgan fingerprint density at radius 3 is 1.82 bits per heavy atom. The zero-order valence-corrected chi connectivity index (χ0v) is 34.0. The van der Waals surface area contributed by atoms with Crippen molar-refractivity contribution < 1.29 is 33.9 Å². The van der Waals surface area contributed by atoms with E-state index in [9.17, 15) is 33.9 Å². The van der Waals surface area contributed by atoms with Gasteiger partial charge in [-0.3, -0.25) is 24.0 Å². The van der Waals surface area contributed by atoms with Gasteiger partial charge in [-0.05, 0) is 76.1 Å². The van der Waals surface area contributed by atoms with E-state index >= 15 is 0 Å². The summed E-state index contributed by atoms with van der Waals surface area (Å²) in [6.45, 7) is 4.23. The van der Waals surface area contributed by atoms with Crippen molar-refractivity contribution in [3.8, 4) is 11.1 Å². The summed E-state index contributed by atoms with van der Waals surface area (Å²) in [7, 11) is 0. The molecule has 0 saturated heterocycles. The molecule has 2 heterocycles. The van der Waals surface area contributed by atoms with E-state index in [1.165, 1.54) is 0 Å².